The lowest BCUT2D eigenvalue weighted by atomic mass is 9.88. The highest BCUT2D eigenvalue weighted by Gasteiger charge is 2.43. The molecule has 0 aliphatic carbocycles. The molecule has 1 aliphatic rings. The number of nitrogens with zero attached hydrogens (tertiary/aromatic N) is 1. The number of imide groups is 1. The molecule has 380 valence electrons. The number of carbonyl (C=O) groups is 5. The molecule has 1 saturated heterocycles. The largest absolute Gasteiger partial charge is 0.493 e. The zero-order valence-electron chi connectivity index (χ0n) is 43.0. The average molecular weight is 976 g/mol. The Morgan fingerprint density at radius 2 is 1.25 bits per heavy atom. The smallest absolute Gasteiger partial charge is 0.407 e. The normalized spacial score (nSPS) is 15.4. The van der Waals surface area contributed by atoms with Crippen molar-refractivity contribution in [2.75, 3.05) is 47.6 Å². The first-order valence-corrected chi connectivity index (χ1v) is 26.7. The molecule has 5 atom stereocenters. The summed E-state index contributed by atoms with van der Waals surface area (Å²) >= 11 is 0. The van der Waals surface area contributed by atoms with Gasteiger partial charge in [-0.15, -0.1) is 0 Å². The van der Waals surface area contributed by atoms with E-state index in [1.165, 1.54) is 26.2 Å². The third kappa shape index (κ3) is 17.1. The highest BCUT2D eigenvalue weighted by molar-refractivity contribution is 6.74. The molecule has 4 N–H and O–H groups in total. The number of alkyl carbamates (subject to hydrolysis) is 1. The van der Waals surface area contributed by atoms with Crippen LogP contribution in [0, 0.1) is 11.8 Å². The van der Waals surface area contributed by atoms with Crippen molar-refractivity contribution < 1.29 is 52.1 Å². The first-order valence-electron chi connectivity index (χ1n) is 23.8. The molecule has 1 heterocycles. The zero-order valence-corrected chi connectivity index (χ0v) is 44.0. The van der Waals surface area contributed by atoms with Gasteiger partial charge in [-0.05, 0) is 92.9 Å². The fourth-order valence-electron chi connectivity index (χ4n) is 7.72. The first kappa shape index (κ1) is 55.9. The maximum absolute atomic E-state index is 15.2. The molecule has 3 aromatic rings. The Labute approximate surface area is 410 Å². The third-order valence-electron chi connectivity index (χ3n) is 12.5. The summed E-state index contributed by atoms with van der Waals surface area (Å²) in [6.45, 7) is 20.9. The molecule has 0 bridgehead atoms. The summed E-state index contributed by atoms with van der Waals surface area (Å²) < 4.78 is 35.5. The number of nitrogens with one attached hydrogen (secondary N) is 4. The molecule has 0 aromatic heterocycles. The van der Waals surface area contributed by atoms with E-state index >= 15 is 4.79 Å². The maximum Gasteiger partial charge on any atom is 0.407 e. The van der Waals surface area contributed by atoms with Gasteiger partial charge in [0.15, 0.2) is 19.8 Å². The van der Waals surface area contributed by atoms with Crippen molar-refractivity contribution in [3.63, 3.8) is 0 Å². The summed E-state index contributed by atoms with van der Waals surface area (Å²) in [4.78, 5) is 72.1. The van der Waals surface area contributed by atoms with E-state index in [1.54, 1.807) is 46.8 Å². The van der Waals surface area contributed by atoms with E-state index in [-0.39, 0.29) is 24.3 Å². The van der Waals surface area contributed by atoms with Crippen molar-refractivity contribution in [3.05, 3.63) is 89.5 Å². The number of morpholine rings is 1. The molecule has 17 heteroatoms. The molecule has 3 aromatic carbocycles. The van der Waals surface area contributed by atoms with Crippen molar-refractivity contribution in [2.45, 2.75) is 129 Å². The lowest BCUT2D eigenvalue weighted by Crippen LogP contribution is -2.59. The Balaban J connectivity index is 1.79. The lowest BCUT2D eigenvalue weighted by molar-refractivity contribution is -0.134. The number of ether oxygens (including phenoxy) is 5. The summed E-state index contributed by atoms with van der Waals surface area (Å²) in [5.41, 5.74) is 1.57. The molecular formula is C52H77N5O11Si. The standard InChI is InChI=1S/C52H77N5O11Si/c1-34(2)44(48(60)53-40(30-36-22-18-15-19-23-36)47(59)56-49(61)57-24-26-66-27-25-57)55-46(58)38(28-37-31-42(63-9)45(65-11)43(32-37)64-10)33-41(68-69(12,13)52(6,7)8)39(29-35-20-16-14-17-21-35)54-50(62)67-51(3,4)5/h14-23,31-32,34,38-41,44H,24-30,33H2,1-13H3,(H,53,60)(H,54,62)(H,55,58)(H,56,59,61). The summed E-state index contributed by atoms with van der Waals surface area (Å²) in [6.07, 6.45) is -0.719. The summed E-state index contributed by atoms with van der Waals surface area (Å²) in [5.74, 6) is -1.94. The van der Waals surface area contributed by atoms with E-state index in [1.807, 2.05) is 60.7 Å². The lowest BCUT2D eigenvalue weighted by Gasteiger charge is -2.42. The monoisotopic (exact) mass is 976 g/mol. The van der Waals surface area contributed by atoms with Crippen LogP contribution in [-0.4, -0.2) is 121 Å². The molecule has 5 unspecified atom stereocenters. The molecule has 1 aliphatic heterocycles. The Morgan fingerprint density at radius 1 is 0.696 bits per heavy atom. The number of hydrogen-bond donors (Lipinski definition) is 4. The Morgan fingerprint density at radius 3 is 1.74 bits per heavy atom. The minimum absolute atomic E-state index is 0.0806. The molecule has 6 amide bonds. The minimum Gasteiger partial charge on any atom is -0.493 e. The van der Waals surface area contributed by atoms with Crippen LogP contribution < -0.4 is 35.5 Å². The SMILES string of the molecule is COc1cc(CC(CC(O[Si](C)(C)C(C)(C)C)C(Cc2ccccc2)NC(=O)OC(C)(C)C)C(=O)NC(C(=O)NC(Cc2ccccc2)C(=O)NC(=O)N2CCOCC2)C(C)C)cc(OC)c1OC. The van der Waals surface area contributed by atoms with Gasteiger partial charge in [0.25, 0.3) is 5.91 Å². The van der Waals surface area contributed by atoms with Crippen LogP contribution >= 0.6 is 0 Å². The van der Waals surface area contributed by atoms with Gasteiger partial charge in [-0.1, -0.05) is 95.3 Å². The van der Waals surface area contributed by atoms with Crippen molar-refractivity contribution in [1.29, 1.82) is 0 Å². The van der Waals surface area contributed by atoms with E-state index in [2.05, 4.69) is 55.1 Å². The highest BCUT2D eigenvalue weighted by Crippen LogP contribution is 2.41. The zero-order chi connectivity index (χ0) is 51.1. The molecule has 1 fully saturated rings. The Bertz CT molecular complexity index is 2130. The average Bonchev–Trinajstić information content (AvgIpc) is 3.29. The quantitative estimate of drug-likeness (QED) is 0.0788. The predicted octanol–water partition coefficient (Wildman–Crippen LogP) is 7.22. The van der Waals surface area contributed by atoms with Crippen LogP contribution in [0.1, 0.15) is 78.5 Å². The predicted molar refractivity (Wildman–Crippen MR) is 268 cm³/mol. The van der Waals surface area contributed by atoms with E-state index in [0.717, 1.165) is 11.1 Å². The van der Waals surface area contributed by atoms with Gasteiger partial charge in [-0.25, -0.2) is 9.59 Å². The number of hydrogen-bond acceptors (Lipinski definition) is 11. The van der Waals surface area contributed by atoms with Gasteiger partial charge in [-0.3, -0.25) is 19.7 Å². The van der Waals surface area contributed by atoms with Crippen LogP contribution in [0.25, 0.3) is 0 Å². The second kappa shape index (κ2) is 25.3. The molecule has 16 nitrogen and oxygen atoms in total. The highest BCUT2D eigenvalue weighted by atomic mass is 28.4. The van der Waals surface area contributed by atoms with E-state index in [9.17, 15) is 19.2 Å². The van der Waals surface area contributed by atoms with Crippen LogP contribution in [-0.2, 0) is 47.5 Å². The van der Waals surface area contributed by atoms with Crippen LogP contribution in [0.3, 0.4) is 0 Å². The Hall–Kier alpha value is -5.65. The fraction of sp³-hybridized carbons (Fsp3) is 0.558. The van der Waals surface area contributed by atoms with Gasteiger partial charge in [0.05, 0.1) is 46.7 Å². The van der Waals surface area contributed by atoms with Crippen molar-refractivity contribution >= 4 is 38.2 Å². The van der Waals surface area contributed by atoms with Crippen molar-refractivity contribution in [1.82, 2.24) is 26.2 Å². The fourth-order valence-corrected chi connectivity index (χ4v) is 9.09. The van der Waals surface area contributed by atoms with E-state index < -0.39 is 79.8 Å². The van der Waals surface area contributed by atoms with Gasteiger partial charge in [0, 0.05) is 25.4 Å². The van der Waals surface area contributed by atoms with E-state index in [0.29, 0.717) is 55.5 Å². The van der Waals surface area contributed by atoms with Crippen LogP contribution in [0.15, 0.2) is 72.8 Å². The van der Waals surface area contributed by atoms with Crippen molar-refractivity contribution in [2.24, 2.45) is 11.8 Å². The third-order valence-corrected chi connectivity index (χ3v) is 17.0. The number of urea groups is 1. The van der Waals surface area contributed by atoms with Gasteiger partial charge in [-0.2, -0.15) is 0 Å². The summed E-state index contributed by atoms with van der Waals surface area (Å²) in [7, 11) is 1.89. The first-order chi connectivity index (χ1) is 32.4. The number of methoxy groups -OCH3 is 3. The molecule has 0 saturated carbocycles. The number of rotatable bonds is 21. The second-order valence-electron chi connectivity index (χ2n) is 20.4. The van der Waals surface area contributed by atoms with Gasteiger partial charge >= 0.3 is 12.1 Å². The summed E-state index contributed by atoms with van der Waals surface area (Å²) in [6, 6.07) is 18.9. The second-order valence-corrected chi connectivity index (χ2v) is 25.2. The molecular weight excluding hydrogens is 899 g/mol. The number of carbonyl (C=O) groups excluding carboxylic acids is 5. The molecule has 4 rings (SSSR count). The molecule has 0 spiro atoms. The molecule has 69 heavy (non-hydrogen) atoms. The van der Waals surface area contributed by atoms with Crippen LogP contribution in [0.2, 0.25) is 18.1 Å². The minimum atomic E-state index is -2.65. The topological polar surface area (TPSA) is 192 Å². The van der Waals surface area contributed by atoms with Gasteiger partial charge in [0.1, 0.15) is 17.7 Å². The summed E-state index contributed by atoms with van der Waals surface area (Å²) in [5, 5.41) is 11.3. The Kier molecular flexibility index (Phi) is 20.5. The van der Waals surface area contributed by atoms with Crippen LogP contribution in [0.5, 0.6) is 17.2 Å². The van der Waals surface area contributed by atoms with Gasteiger partial charge in [0.2, 0.25) is 17.6 Å². The van der Waals surface area contributed by atoms with E-state index in [4.69, 9.17) is 28.1 Å². The number of amides is 6. The number of benzene rings is 3. The van der Waals surface area contributed by atoms with Crippen molar-refractivity contribution in [3.8, 4) is 17.2 Å². The van der Waals surface area contributed by atoms with Gasteiger partial charge < -0.3 is 49.0 Å². The molecule has 0 radical (unpaired) electrons. The maximum atomic E-state index is 15.2. The van der Waals surface area contributed by atoms with Crippen LogP contribution in [0.4, 0.5) is 9.59 Å².